The van der Waals surface area contributed by atoms with E-state index in [1.807, 2.05) is 18.0 Å². The highest BCUT2D eigenvalue weighted by Crippen LogP contribution is 2.24. The van der Waals surface area contributed by atoms with E-state index >= 15 is 0 Å². The molecule has 0 saturated heterocycles. The van der Waals surface area contributed by atoms with Crippen molar-refractivity contribution in [3.05, 3.63) is 23.8 Å². The molecule has 19 heavy (non-hydrogen) atoms. The summed E-state index contributed by atoms with van der Waals surface area (Å²) < 4.78 is 4.65. The average molecular weight is 266 g/mol. The van der Waals surface area contributed by atoms with Gasteiger partial charge in [-0.1, -0.05) is 0 Å². The number of carbonyl (C=O) groups excluding carboxylic acids is 1. The monoisotopic (exact) mass is 266 g/mol. The van der Waals surface area contributed by atoms with Crippen LogP contribution in [0.5, 0.6) is 0 Å². The second-order valence-corrected chi connectivity index (χ2v) is 4.47. The fourth-order valence-corrected chi connectivity index (χ4v) is 1.90. The number of anilines is 2. The molecule has 1 aromatic carbocycles. The van der Waals surface area contributed by atoms with Gasteiger partial charge in [-0.3, -0.25) is 0 Å². The van der Waals surface area contributed by atoms with E-state index in [9.17, 15) is 4.79 Å². The number of hydrogen-bond acceptors (Lipinski definition) is 5. The fraction of sp³-hybridized carbons (Fsp3) is 0.500. The maximum atomic E-state index is 11.4. The second kappa shape index (κ2) is 7.63. The van der Waals surface area contributed by atoms with E-state index < -0.39 is 0 Å². The first-order valence-corrected chi connectivity index (χ1v) is 6.40. The number of nitrogens with zero attached hydrogens (tertiary/aromatic N) is 1. The lowest BCUT2D eigenvalue weighted by molar-refractivity contribution is 0.0601. The number of carbonyl (C=O) groups is 1. The third-order valence-corrected chi connectivity index (χ3v) is 3.01. The molecular weight excluding hydrogens is 244 g/mol. The van der Waals surface area contributed by atoms with Gasteiger partial charge in [0.1, 0.15) is 0 Å². The summed E-state index contributed by atoms with van der Waals surface area (Å²) in [6, 6.07) is 5.17. The molecule has 5 heteroatoms. The van der Waals surface area contributed by atoms with Crippen LogP contribution in [-0.4, -0.2) is 38.4 Å². The zero-order valence-corrected chi connectivity index (χ0v) is 11.6. The van der Waals surface area contributed by atoms with Crippen molar-refractivity contribution in [3.8, 4) is 0 Å². The Hall–Kier alpha value is -1.75. The molecule has 1 aromatic rings. The van der Waals surface area contributed by atoms with E-state index in [1.54, 1.807) is 12.1 Å². The van der Waals surface area contributed by atoms with Crippen molar-refractivity contribution >= 4 is 17.3 Å². The molecule has 0 unspecified atom stereocenters. The molecule has 0 fully saturated rings. The topological polar surface area (TPSA) is 75.8 Å². The predicted molar refractivity (Wildman–Crippen MR) is 76.4 cm³/mol. The van der Waals surface area contributed by atoms with E-state index in [-0.39, 0.29) is 12.6 Å². The largest absolute Gasteiger partial charge is 0.465 e. The molecule has 1 rings (SSSR count). The van der Waals surface area contributed by atoms with Crippen molar-refractivity contribution in [1.29, 1.82) is 0 Å². The van der Waals surface area contributed by atoms with Gasteiger partial charge in [-0.25, -0.2) is 4.79 Å². The summed E-state index contributed by atoms with van der Waals surface area (Å²) >= 11 is 0. The van der Waals surface area contributed by atoms with E-state index in [1.165, 1.54) is 7.11 Å². The molecule has 0 saturated carbocycles. The molecule has 0 aromatic heterocycles. The Morgan fingerprint density at radius 3 is 2.68 bits per heavy atom. The number of rotatable bonds is 7. The fourth-order valence-electron chi connectivity index (χ4n) is 1.90. The van der Waals surface area contributed by atoms with E-state index in [2.05, 4.69) is 4.74 Å². The molecule has 0 aliphatic rings. The van der Waals surface area contributed by atoms with Gasteiger partial charge in [-0.05, 0) is 37.5 Å². The molecule has 0 heterocycles. The number of nitrogen functional groups attached to an aromatic ring is 1. The highest BCUT2D eigenvalue weighted by atomic mass is 16.5. The van der Waals surface area contributed by atoms with Crippen molar-refractivity contribution in [2.45, 2.75) is 19.3 Å². The number of ether oxygens (including phenoxy) is 1. The summed E-state index contributed by atoms with van der Waals surface area (Å²) in [5.41, 5.74) is 7.87. The second-order valence-electron chi connectivity index (χ2n) is 4.47. The van der Waals surface area contributed by atoms with Crippen molar-refractivity contribution in [3.63, 3.8) is 0 Å². The number of unbranched alkanes of at least 4 members (excludes halogenated alkanes) is 2. The third kappa shape index (κ3) is 4.44. The van der Waals surface area contributed by atoms with Crippen LogP contribution in [0.3, 0.4) is 0 Å². The summed E-state index contributed by atoms with van der Waals surface area (Å²) in [5, 5.41) is 8.72. The van der Waals surface area contributed by atoms with E-state index in [0.29, 0.717) is 11.3 Å². The summed E-state index contributed by atoms with van der Waals surface area (Å²) in [6.45, 7) is 1.10. The number of nitrogens with two attached hydrogens (primary N) is 1. The SMILES string of the molecule is COC(=O)c1ccc(N(C)CCCCCO)c(N)c1. The van der Waals surface area contributed by atoms with Crippen LogP contribution >= 0.6 is 0 Å². The molecule has 5 nitrogen and oxygen atoms in total. The van der Waals surface area contributed by atoms with Gasteiger partial charge in [0, 0.05) is 20.2 Å². The van der Waals surface area contributed by atoms with Gasteiger partial charge < -0.3 is 20.5 Å². The minimum atomic E-state index is -0.385. The van der Waals surface area contributed by atoms with Crippen LogP contribution in [0, 0.1) is 0 Å². The highest BCUT2D eigenvalue weighted by molar-refractivity contribution is 5.91. The zero-order valence-electron chi connectivity index (χ0n) is 11.6. The van der Waals surface area contributed by atoms with E-state index in [0.717, 1.165) is 31.5 Å². The Kier molecular flexibility index (Phi) is 6.15. The molecule has 0 atom stereocenters. The number of aliphatic hydroxyl groups excluding tert-OH is 1. The smallest absolute Gasteiger partial charge is 0.337 e. The lowest BCUT2D eigenvalue weighted by Gasteiger charge is -2.21. The van der Waals surface area contributed by atoms with Crippen LogP contribution in [-0.2, 0) is 4.74 Å². The summed E-state index contributed by atoms with van der Waals surface area (Å²) in [7, 11) is 3.31. The Labute approximate surface area is 114 Å². The Morgan fingerprint density at radius 1 is 1.37 bits per heavy atom. The molecule has 3 N–H and O–H groups in total. The van der Waals surface area contributed by atoms with Crippen LogP contribution in [0.2, 0.25) is 0 Å². The van der Waals surface area contributed by atoms with Crippen molar-refractivity contribution in [2.75, 3.05) is 37.9 Å². The maximum Gasteiger partial charge on any atom is 0.337 e. The van der Waals surface area contributed by atoms with Gasteiger partial charge in [0.2, 0.25) is 0 Å². The standard InChI is InChI=1S/C14H22N2O3/c1-16(8-4-3-5-9-17)13-7-6-11(10-12(13)15)14(18)19-2/h6-7,10,17H,3-5,8-9,15H2,1-2H3. The zero-order chi connectivity index (χ0) is 14.3. The Balaban J connectivity index is 2.65. The molecule has 0 amide bonds. The molecule has 106 valence electrons. The minimum Gasteiger partial charge on any atom is -0.465 e. The highest BCUT2D eigenvalue weighted by Gasteiger charge is 2.10. The number of aliphatic hydroxyl groups is 1. The predicted octanol–water partition coefficient (Wildman–Crippen LogP) is 1.65. The molecule has 0 bridgehead atoms. The van der Waals surface area contributed by atoms with Crippen LogP contribution < -0.4 is 10.6 Å². The average Bonchev–Trinajstić information content (AvgIpc) is 2.42. The first-order valence-electron chi connectivity index (χ1n) is 6.40. The summed E-state index contributed by atoms with van der Waals surface area (Å²) in [5.74, 6) is -0.385. The summed E-state index contributed by atoms with van der Waals surface area (Å²) in [6.07, 6.45) is 2.81. The first kappa shape index (κ1) is 15.3. The van der Waals surface area contributed by atoms with Gasteiger partial charge in [0.05, 0.1) is 24.0 Å². The molecule has 0 aliphatic heterocycles. The van der Waals surface area contributed by atoms with Crippen LogP contribution in [0.4, 0.5) is 11.4 Å². The molecule has 0 spiro atoms. The Bertz CT molecular complexity index is 421. The lowest BCUT2D eigenvalue weighted by Crippen LogP contribution is -2.20. The third-order valence-electron chi connectivity index (χ3n) is 3.01. The van der Waals surface area contributed by atoms with Crippen LogP contribution in [0.15, 0.2) is 18.2 Å². The quantitative estimate of drug-likeness (QED) is 0.446. The van der Waals surface area contributed by atoms with Gasteiger partial charge in [-0.2, -0.15) is 0 Å². The number of hydrogen-bond donors (Lipinski definition) is 2. The van der Waals surface area contributed by atoms with Crippen LogP contribution in [0.1, 0.15) is 29.6 Å². The van der Waals surface area contributed by atoms with Gasteiger partial charge in [-0.15, -0.1) is 0 Å². The van der Waals surface area contributed by atoms with E-state index in [4.69, 9.17) is 10.8 Å². The molecule has 0 aliphatic carbocycles. The van der Waals surface area contributed by atoms with Gasteiger partial charge in [0.25, 0.3) is 0 Å². The van der Waals surface area contributed by atoms with Gasteiger partial charge >= 0.3 is 5.97 Å². The van der Waals surface area contributed by atoms with Gasteiger partial charge in [0.15, 0.2) is 0 Å². The number of esters is 1. The maximum absolute atomic E-state index is 11.4. The molecular formula is C14H22N2O3. The lowest BCUT2D eigenvalue weighted by atomic mass is 10.1. The number of benzene rings is 1. The molecule has 0 radical (unpaired) electrons. The Morgan fingerprint density at radius 2 is 2.11 bits per heavy atom. The van der Waals surface area contributed by atoms with Crippen molar-refractivity contribution in [2.24, 2.45) is 0 Å². The minimum absolute atomic E-state index is 0.236. The van der Waals surface area contributed by atoms with Crippen molar-refractivity contribution < 1.29 is 14.6 Å². The van der Waals surface area contributed by atoms with Crippen LogP contribution in [0.25, 0.3) is 0 Å². The first-order chi connectivity index (χ1) is 9.10. The summed E-state index contributed by atoms with van der Waals surface area (Å²) in [4.78, 5) is 13.4. The normalized spacial score (nSPS) is 10.3. The van der Waals surface area contributed by atoms with Crippen molar-refractivity contribution in [1.82, 2.24) is 0 Å². The number of methoxy groups -OCH3 is 1.